The Balaban J connectivity index is 3.11. The quantitative estimate of drug-likeness (QED) is 0.596. The number of nitrogens with one attached hydrogen (secondary N) is 1. The lowest BCUT2D eigenvalue weighted by atomic mass is 10.2. The normalized spacial score (nSPS) is 12.0. The minimum absolute atomic E-state index is 0.0642. The van der Waals surface area contributed by atoms with Gasteiger partial charge in [0.25, 0.3) is 5.91 Å². The standard InChI is InChI=1S/C11H10Br3NO5S/c12-11(13,14)21(19,20)8-4-2-1-3-7(8)10(18)15-6-5-9(16)17/h1-4H,5-6H2,(H,15,18)(H,16,17). The molecule has 116 valence electrons. The number of rotatable bonds is 5. The fraction of sp³-hybridized carbons (Fsp3) is 0.273. The van der Waals surface area contributed by atoms with Gasteiger partial charge < -0.3 is 10.4 Å². The molecule has 1 aromatic rings. The number of hydrogen-bond acceptors (Lipinski definition) is 4. The zero-order valence-electron chi connectivity index (χ0n) is 10.3. The molecule has 0 aliphatic heterocycles. The van der Waals surface area contributed by atoms with Crippen LogP contribution in [0.25, 0.3) is 0 Å². The van der Waals surface area contributed by atoms with Crippen LogP contribution in [0, 0.1) is 0 Å². The Hall–Kier alpha value is -0.450. The van der Waals surface area contributed by atoms with Gasteiger partial charge in [-0.15, -0.1) is 0 Å². The van der Waals surface area contributed by atoms with E-state index in [0.29, 0.717) is 0 Å². The van der Waals surface area contributed by atoms with Crippen molar-refractivity contribution in [1.82, 2.24) is 5.32 Å². The van der Waals surface area contributed by atoms with Gasteiger partial charge in [0.2, 0.25) is 11.3 Å². The molecule has 0 aliphatic carbocycles. The summed E-state index contributed by atoms with van der Waals surface area (Å²) in [5, 5.41) is 10.9. The monoisotopic (exact) mass is 505 g/mol. The highest BCUT2D eigenvalue weighted by atomic mass is 80.0. The molecule has 10 heteroatoms. The van der Waals surface area contributed by atoms with Gasteiger partial charge in [-0.05, 0) is 59.9 Å². The topological polar surface area (TPSA) is 101 Å². The van der Waals surface area contributed by atoms with E-state index in [9.17, 15) is 18.0 Å². The van der Waals surface area contributed by atoms with Crippen LogP contribution in [0.15, 0.2) is 29.2 Å². The van der Waals surface area contributed by atoms with Crippen LogP contribution < -0.4 is 5.32 Å². The molecule has 1 rings (SSSR count). The predicted octanol–water partition coefficient (Wildman–Crippen LogP) is 2.46. The molecule has 0 fully saturated rings. The van der Waals surface area contributed by atoms with Gasteiger partial charge in [-0.25, -0.2) is 8.42 Å². The average Bonchev–Trinajstić information content (AvgIpc) is 2.36. The van der Waals surface area contributed by atoms with Crippen molar-refractivity contribution in [3.63, 3.8) is 0 Å². The molecule has 1 amide bonds. The third kappa shape index (κ3) is 4.76. The number of aliphatic carboxylic acids is 1. The highest BCUT2D eigenvalue weighted by Crippen LogP contribution is 2.43. The van der Waals surface area contributed by atoms with Crippen LogP contribution in [0.5, 0.6) is 0 Å². The van der Waals surface area contributed by atoms with E-state index >= 15 is 0 Å². The summed E-state index contributed by atoms with van der Waals surface area (Å²) in [6, 6.07) is 5.64. The van der Waals surface area contributed by atoms with Gasteiger partial charge in [-0.3, -0.25) is 9.59 Å². The number of sulfone groups is 1. The molecule has 0 saturated heterocycles. The molecule has 0 saturated carbocycles. The molecular formula is C11H10Br3NO5S. The van der Waals surface area contributed by atoms with Crippen LogP contribution in [0.3, 0.4) is 0 Å². The zero-order valence-corrected chi connectivity index (χ0v) is 15.9. The minimum Gasteiger partial charge on any atom is -0.481 e. The fourth-order valence-electron chi connectivity index (χ4n) is 1.39. The number of halogens is 3. The third-order valence-corrected chi connectivity index (χ3v) is 7.73. The van der Waals surface area contributed by atoms with Gasteiger partial charge in [0, 0.05) is 6.54 Å². The van der Waals surface area contributed by atoms with Gasteiger partial charge in [0.15, 0.2) is 0 Å². The maximum atomic E-state index is 12.3. The highest BCUT2D eigenvalue weighted by Gasteiger charge is 2.39. The smallest absolute Gasteiger partial charge is 0.305 e. The van der Waals surface area contributed by atoms with E-state index in [2.05, 4.69) is 53.1 Å². The summed E-state index contributed by atoms with van der Waals surface area (Å²) in [4.78, 5) is 22.2. The van der Waals surface area contributed by atoms with Crippen LogP contribution in [-0.4, -0.2) is 33.4 Å². The Morgan fingerprint density at radius 3 is 2.29 bits per heavy atom. The van der Waals surface area contributed by atoms with Crippen molar-refractivity contribution in [1.29, 1.82) is 0 Å². The molecule has 0 unspecified atom stereocenters. The van der Waals surface area contributed by atoms with Crippen LogP contribution >= 0.6 is 47.8 Å². The van der Waals surface area contributed by atoms with Crippen LogP contribution in [0.1, 0.15) is 16.8 Å². The molecule has 2 N–H and O–H groups in total. The van der Waals surface area contributed by atoms with Gasteiger partial charge in [0.1, 0.15) is 0 Å². The van der Waals surface area contributed by atoms with E-state index in [1.165, 1.54) is 24.3 Å². The molecule has 0 aromatic heterocycles. The van der Waals surface area contributed by atoms with Gasteiger partial charge >= 0.3 is 5.97 Å². The number of carbonyl (C=O) groups is 2. The molecule has 0 bridgehead atoms. The van der Waals surface area contributed by atoms with Gasteiger partial charge in [-0.2, -0.15) is 0 Å². The Kier molecular flexibility index (Phi) is 6.38. The summed E-state index contributed by atoms with van der Waals surface area (Å²) >= 11 is 8.78. The van der Waals surface area contributed by atoms with Crippen molar-refractivity contribution in [3.05, 3.63) is 29.8 Å². The second-order valence-corrected chi connectivity index (χ2v) is 14.2. The molecule has 0 aliphatic rings. The molecule has 0 radical (unpaired) electrons. The van der Waals surface area contributed by atoms with Crippen molar-refractivity contribution in [2.24, 2.45) is 0 Å². The summed E-state index contributed by atoms with van der Waals surface area (Å²) in [5.74, 6) is -1.72. The number of hydrogen-bond donors (Lipinski definition) is 2. The first kappa shape index (κ1) is 18.6. The summed E-state index contributed by atoms with van der Waals surface area (Å²) in [6.45, 7) is -0.0926. The maximum absolute atomic E-state index is 12.3. The van der Waals surface area contributed by atoms with E-state index < -0.39 is 23.2 Å². The van der Waals surface area contributed by atoms with E-state index in [-0.39, 0.29) is 23.4 Å². The lowest BCUT2D eigenvalue weighted by molar-refractivity contribution is -0.136. The van der Waals surface area contributed by atoms with Gasteiger partial charge in [-0.1, -0.05) is 12.1 Å². The Morgan fingerprint density at radius 2 is 1.76 bits per heavy atom. The molecule has 0 spiro atoms. The summed E-state index contributed by atoms with van der Waals surface area (Å²) < 4.78 is 23.1. The SMILES string of the molecule is O=C(O)CCNC(=O)c1ccccc1S(=O)(=O)C(Br)(Br)Br. The first-order valence-electron chi connectivity index (χ1n) is 5.47. The first-order valence-corrected chi connectivity index (χ1v) is 9.34. The number of amides is 1. The van der Waals surface area contributed by atoms with E-state index in [0.717, 1.165) is 0 Å². The Bertz CT molecular complexity index is 654. The first-order chi connectivity index (χ1) is 9.57. The Labute approximate surface area is 146 Å². The molecule has 0 heterocycles. The summed E-state index contributed by atoms with van der Waals surface area (Å²) in [6.07, 6.45) is -0.250. The van der Waals surface area contributed by atoms with E-state index in [4.69, 9.17) is 5.11 Å². The molecule has 6 nitrogen and oxygen atoms in total. The van der Waals surface area contributed by atoms with Crippen molar-refractivity contribution in [2.75, 3.05) is 6.54 Å². The molecule has 1 aromatic carbocycles. The number of carboxylic acids is 1. The van der Waals surface area contributed by atoms with Crippen molar-refractivity contribution in [2.45, 2.75) is 12.8 Å². The second kappa shape index (κ2) is 7.21. The van der Waals surface area contributed by atoms with E-state index in [1.54, 1.807) is 0 Å². The molecule has 21 heavy (non-hydrogen) atoms. The minimum atomic E-state index is -3.92. The maximum Gasteiger partial charge on any atom is 0.305 e. The number of carbonyl (C=O) groups excluding carboxylic acids is 1. The lowest BCUT2D eigenvalue weighted by Gasteiger charge is -2.16. The van der Waals surface area contributed by atoms with Crippen LogP contribution in [0.2, 0.25) is 0 Å². The number of carboxylic acid groups (broad SMARTS) is 1. The van der Waals surface area contributed by atoms with E-state index in [1.807, 2.05) is 0 Å². The van der Waals surface area contributed by atoms with Crippen LogP contribution in [-0.2, 0) is 14.6 Å². The number of alkyl halides is 3. The number of benzene rings is 1. The van der Waals surface area contributed by atoms with Gasteiger partial charge in [0.05, 0.1) is 16.9 Å². The fourth-order valence-corrected chi connectivity index (χ4v) is 3.92. The predicted molar refractivity (Wildman–Crippen MR) is 87.7 cm³/mol. The average molecular weight is 508 g/mol. The van der Waals surface area contributed by atoms with Crippen molar-refractivity contribution >= 4 is 69.5 Å². The zero-order chi connectivity index (χ0) is 16.3. The van der Waals surface area contributed by atoms with Crippen LogP contribution in [0.4, 0.5) is 0 Å². The largest absolute Gasteiger partial charge is 0.481 e. The highest BCUT2D eigenvalue weighted by molar-refractivity contribution is 9.42. The summed E-state index contributed by atoms with van der Waals surface area (Å²) in [7, 11) is -3.92. The summed E-state index contributed by atoms with van der Waals surface area (Å²) in [5.41, 5.74) is -0.0642. The van der Waals surface area contributed by atoms with Crippen molar-refractivity contribution < 1.29 is 23.1 Å². The van der Waals surface area contributed by atoms with Crippen molar-refractivity contribution in [3.8, 4) is 0 Å². The second-order valence-electron chi connectivity index (χ2n) is 3.84. The lowest BCUT2D eigenvalue weighted by Crippen LogP contribution is -2.29. The third-order valence-electron chi connectivity index (χ3n) is 2.35. The molecular weight excluding hydrogens is 498 g/mol. The Morgan fingerprint density at radius 1 is 1.19 bits per heavy atom. The molecule has 0 atom stereocenters.